The monoisotopic (exact) mass is 1310 g/mol. The summed E-state index contributed by atoms with van der Waals surface area (Å²) in [5.74, 6) is 0.864. The van der Waals surface area contributed by atoms with Crippen molar-refractivity contribution in [1.82, 2.24) is 0 Å². The Morgan fingerprint density at radius 2 is 0.539 bits per heavy atom. The molecule has 0 aromatic heterocycles. The summed E-state index contributed by atoms with van der Waals surface area (Å²) in [4.78, 5) is 72.5. The average molecular weight is 1310 g/mol. The third-order valence-corrected chi connectivity index (χ3v) is 18.7. The van der Waals surface area contributed by atoms with Crippen LogP contribution in [0.15, 0.2) is 0 Å². The molecule has 17 nitrogen and oxygen atoms in total. The Kier molecular flexibility index (Phi) is 58.5. The molecule has 3 N–H and O–H groups in total. The summed E-state index contributed by atoms with van der Waals surface area (Å²) in [5.41, 5.74) is 0. The third-order valence-electron chi connectivity index (χ3n) is 16.8. The number of carbonyl (C=O) groups is 4. The first-order valence-electron chi connectivity index (χ1n) is 36.3. The molecule has 0 aliphatic carbocycles. The number of phosphoric ester groups is 2. The molecule has 7 atom stereocenters. The Bertz CT molecular complexity index is 1770. The summed E-state index contributed by atoms with van der Waals surface area (Å²) in [6.45, 7) is 14.1. The second kappa shape index (κ2) is 59.8. The molecule has 0 bridgehead atoms. The van der Waals surface area contributed by atoms with Gasteiger partial charge in [0.2, 0.25) is 0 Å². The zero-order valence-corrected chi connectivity index (χ0v) is 59.8. The summed E-state index contributed by atoms with van der Waals surface area (Å²) in [6, 6.07) is 0. The number of ether oxygens (including phenoxy) is 4. The Balaban J connectivity index is 5.26. The van der Waals surface area contributed by atoms with E-state index < -0.39 is 97.5 Å². The van der Waals surface area contributed by atoms with Crippen LogP contribution in [0.25, 0.3) is 0 Å². The standard InChI is InChI=1S/C70H136O17P2/c1-9-62(7)48-40-32-26-28-35-43-51-68(73)81-57-66(87-70(75)53-45-37-29-27-33-41-49-63(8)10-2)59-85-89(78,79)83-55-64(71)54-82-88(76,77)84-58-65(56-80-67(72)50-42-34-24-20-17-16-19-23-31-39-47-61(5)6)86-69(74)52-44-36-25-21-15-13-11-12-14-18-22-30-38-46-60(3)4/h60-66,71H,9-59H2,1-8H3,(H,76,77)(H,78,79)/t62?,63?,64-,65-,66-/m1/s1. The lowest BCUT2D eigenvalue weighted by molar-refractivity contribution is -0.161. The van der Waals surface area contributed by atoms with E-state index in [1.165, 1.54) is 141 Å². The van der Waals surface area contributed by atoms with E-state index in [0.29, 0.717) is 25.7 Å². The average Bonchev–Trinajstić information content (AvgIpc) is 3.55. The molecule has 0 amide bonds. The van der Waals surface area contributed by atoms with E-state index in [0.717, 1.165) is 120 Å². The van der Waals surface area contributed by atoms with Gasteiger partial charge in [-0.25, -0.2) is 9.13 Å². The quantitative estimate of drug-likeness (QED) is 0.0222. The summed E-state index contributed by atoms with van der Waals surface area (Å²) < 4.78 is 68.3. The van der Waals surface area contributed by atoms with Crippen LogP contribution < -0.4 is 0 Å². The Labute approximate surface area is 543 Å². The number of esters is 4. The van der Waals surface area contributed by atoms with E-state index in [1.807, 2.05) is 0 Å². The van der Waals surface area contributed by atoms with Crippen LogP contribution in [0.1, 0.15) is 344 Å². The number of aliphatic hydroxyl groups is 1. The van der Waals surface area contributed by atoms with Crippen molar-refractivity contribution in [3.63, 3.8) is 0 Å². The number of hydrogen-bond acceptors (Lipinski definition) is 15. The smallest absolute Gasteiger partial charge is 0.462 e. The number of rotatable bonds is 67. The number of aliphatic hydroxyl groups excluding tert-OH is 1. The van der Waals surface area contributed by atoms with Crippen LogP contribution in [0, 0.1) is 23.7 Å². The highest BCUT2D eigenvalue weighted by Gasteiger charge is 2.30. The molecule has 0 aromatic rings. The van der Waals surface area contributed by atoms with Crippen molar-refractivity contribution in [2.75, 3.05) is 39.6 Å². The van der Waals surface area contributed by atoms with Crippen LogP contribution in [0.5, 0.6) is 0 Å². The summed E-state index contributed by atoms with van der Waals surface area (Å²) in [6.07, 6.45) is 41.7. The van der Waals surface area contributed by atoms with E-state index in [2.05, 4.69) is 55.4 Å². The highest BCUT2D eigenvalue weighted by molar-refractivity contribution is 7.47. The van der Waals surface area contributed by atoms with Crippen molar-refractivity contribution in [1.29, 1.82) is 0 Å². The first-order valence-corrected chi connectivity index (χ1v) is 39.3. The molecule has 0 spiro atoms. The van der Waals surface area contributed by atoms with Gasteiger partial charge in [-0.15, -0.1) is 0 Å². The zero-order valence-electron chi connectivity index (χ0n) is 58.1. The van der Waals surface area contributed by atoms with Crippen LogP contribution in [0.3, 0.4) is 0 Å². The molecule has 528 valence electrons. The lowest BCUT2D eigenvalue weighted by atomic mass is 10.00. The number of hydrogen-bond donors (Lipinski definition) is 3. The SMILES string of the molecule is CCC(C)CCCCCCCCC(=O)OC[C@H](COP(=O)(O)OC[C@H](O)COP(=O)(O)OC[C@@H](COC(=O)CCCCCCCCCCCCC(C)C)OC(=O)CCCCCCCCCCCCCCCC(C)C)OC(=O)CCCCCCCCC(C)CC. The van der Waals surface area contributed by atoms with E-state index >= 15 is 0 Å². The molecule has 0 fully saturated rings. The van der Waals surface area contributed by atoms with Gasteiger partial charge in [-0.3, -0.25) is 37.3 Å². The Hall–Kier alpha value is -1.94. The molecule has 0 radical (unpaired) electrons. The maximum absolute atomic E-state index is 13.0. The number of carbonyl (C=O) groups excluding carboxylic acids is 4. The van der Waals surface area contributed by atoms with Crippen LogP contribution in [-0.4, -0.2) is 96.7 Å². The minimum Gasteiger partial charge on any atom is -0.462 e. The molecule has 0 rings (SSSR count). The van der Waals surface area contributed by atoms with Crippen molar-refractivity contribution in [3.8, 4) is 0 Å². The molecule has 89 heavy (non-hydrogen) atoms. The predicted molar refractivity (Wildman–Crippen MR) is 358 cm³/mol. The van der Waals surface area contributed by atoms with Gasteiger partial charge in [-0.1, -0.05) is 293 Å². The molecule has 19 heteroatoms. The maximum Gasteiger partial charge on any atom is 0.472 e. The lowest BCUT2D eigenvalue weighted by Crippen LogP contribution is -2.30. The van der Waals surface area contributed by atoms with Crippen molar-refractivity contribution in [3.05, 3.63) is 0 Å². The fourth-order valence-corrected chi connectivity index (χ4v) is 12.0. The third kappa shape index (κ3) is 62.0. The number of phosphoric acid groups is 2. The van der Waals surface area contributed by atoms with Crippen molar-refractivity contribution in [2.24, 2.45) is 23.7 Å². The minimum atomic E-state index is -4.95. The molecule has 0 heterocycles. The maximum atomic E-state index is 13.0. The van der Waals surface area contributed by atoms with Gasteiger partial charge in [0.25, 0.3) is 0 Å². The molecule has 0 aromatic carbocycles. The largest absolute Gasteiger partial charge is 0.472 e. The summed E-state index contributed by atoms with van der Waals surface area (Å²) >= 11 is 0. The zero-order chi connectivity index (χ0) is 66.1. The highest BCUT2D eigenvalue weighted by atomic mass is 31.2. The van der Waals surface area contributed by atoms with E-state index in [1.54, 1.807) is 0 Å². The molecular formula is C70H136O17P2. The van der Waals surface area contributed by atoms with Gasteiger partial charge < -0.3 is 33.8 Å². The fourth-order valence-electron chi connectivity index (χ4n) is 10.4. The van der Waals surface area contributed by atoms with E-state index in [-0.39, 0.29) is 25.7 Å². The van der Waals surface area contributed by atoms with Crippen molar-refractivity contribution in [2.45, 2.75) is 363 Å². The van der Waals surface area contributed by atoms with Gasteiger partial charge in [-0.2, -0.15) is 0 Å². The van der Waals surface area contributed by atoms with Crippen molar-refractivity contribution >= 4 is 39.5 Å². The molecule has 0 saturated heterocycles. The van der Waals surface area contributed by atoms with Gasteiger partial charge in [0.05, 0.1) is 26.4 Å². The summed E-state index contributed by atoms with van der Waals surface area (Å²) in [5, 5.41) is 10.6. The minimum absolute atomic E-state index is 0.102. The van der Waals surface area contributed by atoms with Gasteiger partial charge in [0, 0.05) is 25.7 Å². The molecule has 0 aliphatic rings. The number of unbranched alkanes of at least 4 members (excludes halogenated alkanes) is 31. The molecule has 0 aliphatic heterocycles. The highest BCUT2D eigenvalue weighted by Crippen LogP contribution is 2.45. The second-order valence-electron chi connectivity index (χ2n) is 26.7. The van der Waals surface area contributed by atoms with Gasteiger partial charge in [0.15, 0.2) is 12.2 Å². The topological polar surface area (TPSA) is 237 Å². The van der Waals surface area contributed by atoms with Crippen LogP contribution in [0.4, 0.5) is 0 Å². The van der Waals surface area contributed by atoms with E-state index in [9.17, 15) is 43.2 Å². The molecule has 4 unspecified atom stereocenters. The van der Waals surface area contributed by atoms with Gasteiger partial charge in [-0.05, 0) is 49.4 Å². The first-order chi connectivity index (χ1) is 42.7. The molecule has 0 saturated carbocycles. The normalized spacial score (nSPS) is 14.9. The second-order valence-corrected chi connectivity index (χ2v) is 29.6. The predicted octanol–water partition coefficient (Wildman–Crippen LogP) is 19.7. The van der Waals surface area contributed by atoms with Crippen molar-refractivity contribution < 1.29 is 80.2 Å². The van der Waals surface area contributed by atoms with Crippen LogP contribution in [0.2, 0.25) is 0 Å². The molecular weight excluding hydrogens is 1170 g/mol. The fraction of sp³-hybridized carbons (Fsp3) is 0.943. The van der Waals surface area contributed by atoms with E-state index in [4.69, 9.17) is 37.0 Å². The van der Waals surface area contributed by atoms with Gasteiger partial charge in [0.1, 0.15) is 19.3 Å². The van der Waals surface area contributed by atoms with Crippen LogP contribution in [-0.2, 0) is 65.4 Å². The first kappa shape index (κ1) is 87.1. The lowest BCUT2D eigenvalue weighted by Gasteiger charge is -2.21. The van der Waals surface area contributed by atoms with Gasteiger partial charge >= 0.3 is 39.5 Å². The van der Waals surface area contributed by atoms with Crippen LogP contribution >= 0.6 is 15.6 Å². The Morgan fingerprint density at radius 1 is 0.315 bits per heavy atom. The Morgan fingerprint density at radius 3 is 0.798 bits per heavy atom. The summed E-state index contributed by atoms with van der Waals surface area (Å²) in [7, 11) is -9.90.